The minimum absolute atomic E-state index is 0.121. The first kappa shape index (κ1) is 19.2. The van der Waals surface area contributed by atoms with Crippen LogP contribution in [0.25, 0.3) is 11.4 Å². The molecule has 0 saturated heterocycles. The van der Waals surface area contributed by atoms with Gasteiger partial charge in [0.2, 0.25) is 0 Å². The number of aryl methyl sites for hydroxylation is 1. The first-order valence-corrected chi connectivity index (χ1v) is 10.4. The molecule has 0 spiro atoms. The van der Waals surface area contributed by atoms with Gasteiger partial charge >= 0.3 is 0 Å². The third kappa shape index (κ3) is 4.15. The van der Waals surface area contributed by atoms with Crippen molar-refractivity contribution in [3.63, 3.8) is 0 Å². The van der Waals surface area contributed by atoms with Crippen LogP contribution >= 0.6 is 11.8 Å². The highest BCUT2D eigenvalue weighted by molar-refractivity contribution is 7.99. The Labute approximate surface area is 175 Å². The van der Waals surface area contributed by atoms with Crippen LogP contribution in [0.4, 0.5) is 0 Å². The molecular weight excluding hydrogens is 376 g/mol. The molecule has 0 fully saturated rings. The lowest BCUT2D eigenvalue weighted by Crippen LogP contribution is -2.04. The zero-order valence-electron chi connectivity index (χ0n) is 16.3. The van der Waals surface area contributed by atoms with E-state index in [1.165, 1.54) is 16.7 Å². The number of aromatic nitrogens is 4. The summed E-state index contributed by atoms with van der Waals surface area (Å²) in [6, 6.07) is 23.0. The first-order chi connectivity index (χ1) is 14.3. The minimum Gasteiger partial charge on any atom is -0.298 e. The van der Waals surface area contributed by atoms with Crippen LogP contribution in [0.3, 0.4) is 0 Å². The van der Waals surface area contributed by atoms with Crippen LogP contribution < -0.4 is 0 Å². The smallest absolute Gasteiger partial charge is 0.192 e. The number of hydrogen-bond donors (Lipinski definition) is 0. The Bertz CT molecular complexity index is 1090. The molecule has 4 rings (SSSR count). The second-order valence-corrected chi connectivity index (χ2v) is 7.78. The lowest BCUT2D eigenvalue weighted by atomic mass is 10.0. The summed E-state index contributed by atoms with van der Waals surface area (Å²) in [5, 5.41) is 10.0. The molecule has 1 atom stereocenters. The molecule has 0 aliphatic carbocycles. The van der Waals surface area contributed by atoms with E-state index >= 15 is 0 Å². The molecule has 2 heterocycles. The van der Waals surface area contributed by atoms with E-state index in [0.717, 1.165) is 16.5 Å². The van der Waals surface area contributed by atoms with Crippen molar-refractivity contribution in [3.05, 3.63) is 108 Å². The number of thioether (sulfide) groups is 1. The molecule has 0 aliphatic heterocycles. The van der Waals surface area contributed by atoms with Gasteiger partial charge in [0.05, 0.1) is 5.25 Å². The van der Waals surface area contributed by atoms with Gasteiger partial charge in [-0.3, -0.25) is 9.55 Å². The van der Waals surface area contributed by atoms with Crippen LogP contribution in [-0.4, -0.2) is 19.7 Å². The van der Waals surface area contributed by atoms with Crippen molar-refractivity contribution in [1.29, 1.82) is 0 Å². The van der Waals surface area contributed by atoms with E-state index < -0.39 is 0 Å². The summed E-state index contributed by atoms with van der Waals surface area (Å²) < 4.78 is 2.11. The topological polar surface area (TPSA) is 43.6 Å². The summed E-state index contributed by atoms with van der Waals surface area (Å²) in [7, 11) is 0. The van der Waals surface area contributed by atoms with Crippen LogP contribution in [0.15, 0.2) is 96.9 Å². The van der Waals surface area contributed by atoms with Crippen molar-refractivity contribution < 1.29 is 0 Å². The van der Waals surface area contributed by atoms with Crippen LogP contribution in [0, 0.1) is 6.92 Å². The highest BCUT2D eigenvalue weighted by Gasteiger charge is 2.22. The van der Waals surface area contributed by atoms with Gasteiger partial charge in [0.1, 0.15) is 0 Å². The summed E-state index contributed by atoms with van der Waals surface area (Å²) in [4.78, 5) is 4.11. The monoisotopic (exact) mass is 398 g/mol. The van der Waals surface area contributed by atoms with E-state index in [1.54, 1.807) is 24.2 Å². The Morgan fingerprint density at radius 1 is 0.966 bits per heavy atom. The summed E-state index contributed by atoms with van der Waals surface area (Å²) in [6.07, 6.45) is 5.42. The average molecular weight is 399 g/mol. The van der Waals surface area contributed by atoms with Crippen molar-refractivity contribution in [2.45, 2.75) is 23.9 Å². The molecule has 2 aromatic heterocycles. The number of rotatable bonds is 7. The SMILES string of the molecule is C=CCn1c(SC(c2ccccc2)c2ccccc2C)nnc1-c1ccncc1. The van der Waals surface area contributed by atoms with Gasteiger partial charge in [0.15, 0.2) is 11.0 Å². The van der Waals surface area contributed by atoms with Gasteiger partial charge in [-0.25, -0.2) is 0 Å². The maximum atomic E-state index is 4.54. The molecule has 2 aromatic carbocycles. The summed E-state index contributed by atoms with van der Waals surface area (Å²) in [5.41, 5.74) is 4.78. The van der Waals surface area contributed by atoms with Gasteiger partial charge in [-0.2, -0.15) is 0 Å². The van der Waals surface area contributed by atoms with Crippen LogP contribution in [0.1, 0.15) is 21.9 Å². The minimum atomic E-state index is 0.121. The molecule has 0 radical (unpaired) electrons. The number of pyridine rings is 1. The standard InChI is InChI=1S/C24H22N4S/c1-3-17-28-23(20-13-15-25-16-14-20)26-27-24(28)29-22(19-10-5-4-6-11-19)21-12-8-7-9-18(21)2/h3-16,22H,1,17H2,2H3. The Kier molecular flexibility index (Phi) is 5.86. The van der Waals surface area contributed by atoms with Crippen LogP contribution in [0.5, 0.6) is 0 Å². The van der Waals surface area contributed by atoms with Crippen molar-refractivity contribution >= 4 is 11.8 Å². The Hall–Kier alpha value is -3.18. The van der Waals surface area contributed by atoms with Gasteiger partial charge < -0.3 is 0 Å². The second kappa shape index (κ2) is 8.88. The number of allylic oxidation sites excluding steroid dienone is 1. The first-order valence-electron chi connectivity index (χ1n) is 9.49. The molecule has 29 heavy (non-hydrogen) atoms. The summed E-state index contributed by atoms with van der Waals surface area (Å²) >= 11 is 1.72. The molecular formula is C24H22N4S. The van der Waals surface area contributed by atoms with E-state index in [2.05, 4.69) is 81.8 Å². The number of benzene rings is 2. The fourth-order valence-electron chi connectivity index (χ4n) is 3.31. The normalized spacial score (nSPS) is 11.9. The number of hydrogen-bond acceptors (Lipinski definition) is 4. The fourth-order valence-corrected chi connectivity index (χ4v) is 4.58. The average Bonchev–Trinajstić information content (AvgIpc) is 3.16. The van der Waals surface area contributed by atoms with Crippen LogP contribution in [0.2, 0.25) is 0 Å². The molecule has 5 heteroatoms. The molecule has 4 nitrogen and oxygen atoms in total. The third-order valence-electron chi connectivity index (χ3n) is 4.76. The van der Waals surface area contributed by atoms with E-state index in [1.807, 2.05) is 24.3 Å². The Morgan fingerprint density at radius 2 is 1.69 bits per heavy atom. The van der Waals surface area contributed by atoms with Crippen molar-refractivity contribution in [2.75, 3.05) is 0 Å². The molecule has 1 unspecified atom stereocenters. The third-order valence-corrected chi connectivity index (χ3v) is 6.04. The maximum Gasteiger partial charge on any atom is 0.192 e. The summed E-state index contributed by atoms with van der Waals surface area (Å²) in [6.45, 7) is 6.72. The van der Waals surface area contributed by atoms with Gasteiger partial charge in [-0.1, -0.05) is 72.4 Å². The lowest BCUT2D eigenvalue weighted by Gasteiger charge is -2.19. The molecule has 0 bridgehead atoms. The Morgan fingerprint density at radius 3 is 2.41 bits per heavy atom. The molecule has 144 valence electrons. The fraction of sp³-hybridized carbons (Fsp3) is 0.125. The van der Waals surface area contributed by atoms with Gasteiger partial charge in [0, 0.05) is 24.5 Å². The van der Waals surface area contributed by atoms with Gasteiger partial charge in [0.25, 0.3) is 0 Å². The highest BCUT2D eigenvalue weighted by Crippen LogP contribution is 2.41. The van der Waals surface area contributed by atoms with Crippen molar-refractivity contribution in [1.82, 2.24) is 19.7 Å². The highest BCUT2D eigenvalue weighted by atomic mass is 32.2. The molecule has 0 aliphatic rings. The van der Waals surface area contributed by atoms with E-state index in [-0.39, 0.29) is 5.25 Å². The van der Waals surface area contributed by atoms with E-state index in [4.69, 9.17) is 0 Å². The van der Waals surface area contributed by atoms with Crippen molar-refractivity contribution in [2.24, 2.45) is 0 Å². The van der Waals surface area contributed by atoms with Gasteiger partial charge in [-0.15, -0.1) is 16.8 Å². The predicted molar refractivity (Wildman–Crippen MR) is 119 cm³/mol. The second-order valence-electron chi connectivity index (χ2n) is 6.71. The largest absolute Gasteiger partial charge is 0.298 e. The predicted octanol–water partition coefficient (Wildman–Crippen LogP) is 5.72. The molecule has 0 saturated carbocycles. The zero-order chi connectivity index (χ0) is 20.1. The molecule has 4 aromatic rings. The maximum absolute atomic E-state index is 4.54. The molecule has 0 N–H and O–H groups in total. The quantitative estimate of drug-likeness (QED) is 0.295. The number of nitrogens with zero attached hydrogens (tertiary/aromatic N) is 4. The lowest BCUT2D eigenvalue weighted by molar-refractivity contribution is 0.729. The molecule has 0 amide bonds. The van der Waals surface area contributed by atoms with E-state index in [0.29, 0.717) is 6.54 Å². The zero-order valence-corrected chi connectivity index (χ0v) is 17.1. The van der Waals surface area contributed by atoms with Gasteiger partial charge in [-0.05, 0) is 35.7 Å². The Balaban J connectivity index is 1.78. The van der Waals surface area contributed by atoms with Crippen LogP contribution in [-0.2, 0) is 6.54 Å². The summed E-state index contributed by atoms with van der Waals surface area (Å²) in [5.74, 6) is 0.825. The van der Waals surface area contributed by atoms with E-state index in [9.17, 15) is 0 Å². The van der Waals surface area contributed by atoms with Crippen molar-refractivity contribution in [3.8, 4) is 11.4 Å².